The Labute approximate surface area is 96.0 Å². The minimum atomic E-state index is -0.412. The molecule has 2 rings (SSSR count). The van der Waals surface area contributed by atoms with Gasteiger partial charge in [0.1, 0.15) is 11.3 Å². The third kappa shape index (κ3) is 2.24. The van der Waals surface area contributed by atoms with Crippen molar-refractivity contribution >= 4 is 34.3 Å². The minimum absolute atomic E-state index is 0.245. The minimum Gasteiger partial charge on any atom is -0.439 e. The molecule has 0 aliphatic heterocycles. The second-order valence-corrected chi connectivity index (χ2v) is 3.92. The fourth-order valence-electron chi connectivity index (χ4n) is 1.33. The molecule has 0 N–H and O–H groups in total. The van der Waals surface area contributed by atoms with Crippen LogP contribution in [0.3, 0.4) is 0 Å². The highest BCUT2D eigenvalue weighted by Crippen LogP contribution is 2.26. The Kier molecular flexibility index (Phi) is 3.12. The van der Waals surface area contributed by atoms with Crippen LogP contribution in [0, 0.1) is 5.82 Å². The van der Waals surface area contributed by atoms with E-state index in [9.17, 15) is 4.39 Å². The number of aryl methyl sites for hydroxylation is 1. The highest BCUT2D eigenvalue weighted by Gasteiger charge is 2.10. The number of benzene rings is 1. The molecule has 80 valence electrons. The first kappa shape index (κ1) is 10.7. The van der Waals surface area contributed by atoms with Crippen LogP contribution in [0.4, 0.5) is 4.39 Å². The van der Waals surface area contributed by atoms with E-state index in [4.69, 9.17) is 27.6 Å². The molecule has 0 spiro atoms. The topological polar surface area (TPSA) is 26.0 Å². The van der Waals surface area contributed by atoms with Gasteiger partial charge in [-0.1, -0.05) is 11.6 Å². The predicted molar refractivity (Wildman–Crippen MR) is 58.0 cm³/mol. The van der Waals surface area contributed by atoms with Crippen molar-refractivity contribution in [2.75, 3.05) is 5.88 Å². The maximum Gasteiger partial charge on any atom is 0.195 e. The van der Waals surface area contributed by atoms with Crippen molar-refractivity contribution in [3.8, 4) is 0 Å². The van der Waals surface area contributed by atoms with Crippen LogP contribution in [0.1, 0.15) is 12.3 Å². The first-order chi connectivity index (χ1) is 7.20. The van der Waals surface area contributed by atoms with Gasteiger partial charge in [-0.25, -0.2) is 9.37 Å². The number of alkyl halides is 1. The van der Waals surface area contributed by atoms with E-state index in [1.165, 1.54) is 12.1 Å². The molecule has 1 aromatic carbocycles. The van der Waals surface area contributed by atoms with E-state index < -0.39 is 5.82 Å². The van der Waals surface area contributed by atoms with Crippen molar-refractivity contribution in [1.82, 2.24) is 4.98 Å². The van der Waals surface area contributed by atoms with Crippen molar-refractivity contribution in [3.63, 3.8) is 0 Å². The highest BCUT2D eigenvalue weighted by molar-refractivity contribution is 6.34. The van der Waals surface area contributed by atoms with Gasteiger partial charge in [0.2, 0.25) is 0 Å². The van der Waals surface area contributed by atoms with E-state index in [1.807, 2.05) is 0 Å². The lowest BCUT2D eigenvalue weighted by molar-refractivity contribution is 0.525. The summed E-state index contributed by atoms with van der Waals surface area (Å²) in [6, 6.07) is 2.51. The van der Waals surface area contributed by atoms with Crippen molar-refractivity contribution in [2.45, 2.75) is 12.8 Å². The van der Waals surface area contributed by atoms with Gasteiger partial charge in [0.25, 0.3) is 0 Å². The molecule has 0 unspecified atom stereocenters. The Morgan fingerprint density at radius 1 is 1.40 bits per heavy atom. The lowest BCUT2D eigenvalue weighted by Gasteiger charge is -1.91. The molecule has 0 radical (unpaired) electrons. The van der Waals surface area contributed by atoms with Crippen LogP contribution >= 0.6 is 23.2 Å². The summed E-state index contributed by atoms with van der Waals surface area (Å²) < 4.78 is 18.4. The van der Waals surface area contributed by atoms with E-state index in [0.717, 1.165) is 6.42 Å². The molecule has 0 fully saturated rings. The number of rotatable bonds is 3. The molecule has 1 heterocycles. The quantitative estimate of drug-likeness (QED) is 0.772. The molecule has 0 amide bonds. The zero-order chi connectivity index (χ0) is 10.8. The number of fused-ring (bicyclic) bond motifs is 1. The first-order valence-electron chi connectivity index (χ1n) is 4.51. The Morgan fingerprint density at radius 3 is 2.93 bits per heavy atom. The average molecular weight is 248 g/mol. The Hall–Kier alpha value is -0.800. The molecule has 0 saturated carbocycles. The predicted octanol–water partition coefficient (Wildman–Crippen LogP) is 3.79. The molecule has 15 heavy (non-hydrogen) atoms. The van der Waals surface area contributed by atoms with Gasteiger partial charge in [-0.15, -0.1) is 11.6 Å². The lowest BCUT2D eigenvalue weighted by Crippen LogP contribution is -1.84. The number of nitrogens with zero attached hydrogens (tertiary/aromatic N) is 1. The van der Waals surface area contributed by atoms with E-state index in [-0.39, 0.29) is 5.02 Å². The number of oxazole rings is 1. The van der Waals surface area contributed by atoms with Gasteiger partial charge in [0.15, 0.2) is 11.5 Å². The summed E-state index contributed by atoms with van der Waals surface area (Å²) in [7, 11) is 0. The smallest absolute Gasteiger partial charge is 0.195 e. The molecule has 1 aromatic heterocycles. The SMILES string of the molecule is Fc1cc(Cl)c2oc(CCCCl)nc2c1. The van der Waals surface area contributed by atoms with Crippen LogP contribution in [0.25, 0.3) is 11.1 Å². The van der Waals surface area contributed by atoms with Crippen LogP contribution in [0.5, 0.6) is 0 Å². The van der Waals surface area contributed by atoms with E-state index in [1.54, 1.807) is 0 Å². The average Bonchev–Trinajstić information content (AvgIpc) is 2.57. The Balaban J connectivity index is 2.41. The van der Waals surface area contributed by atoms with Crippen molar-refractivity contribution in [1.29, 1.82) is 0 Å². The van der Waals surface area contributed by atoms with E-state index >= 15 is 0 Å². The zero-order valence-electron chi connectivity index (χ0n) is 7.77. The van der Waals surface area contributed by atoms with Gasteiger partial charge >= 0.3 is 0 Å². The second-order valence-electron chi connectivity index (χ2n) is 3.14. The molecule has 2 nitrogen and oxygen atoms in total. The summed E-state index contributed by atoms with van der Waals surface area (Å²) in [6.07, 6.45) is 1.41. The van der Waals surface area contributed by atoms with Gasteiger partial charge in [-0.2, -0.15) is 0 Å². The Morgan fingerprint density at radius 2 is 2.20 bits per heavy atom. The third-order valence-corrected chi connectivity index (χ3v) is 2.53. The van der Waals surface area contributed by atoms with Gasteiger partial charge in [0.05, 0.1) is 5.02 Å². The molecular formula is C10H8Cl2FNO. The van der Waals surface area contributed by atoms with Gasteiger partial charge in [-0.3, -0.25) is 0 Å². The molecule has 5 heteroatoms. The normalized spacial score (nSPS) is 11.1. The van der Waals surface area contributed by atoms with Gasteiger partial charge in [0, 0.05) is 18.4 Å². The monoisotopic (exact) mass is 247 g/mol. The van der Waals surface area contributed by atoms with Gasteiger partial charge in [-0.05, 0) is 12.5 Å². The number of aromatic nitrogens is 1. The second kappa shape index (κ2) is 4.37. The van der Waals surface area contributed by atoms with Crippen LogP contribution in [0.2, 0.25) is 5.02 Å². The van der Waals surface area contributed by atoms with Crippen LogP contribution in [0.15, 0.2) is 16.5 Å². The molecule has 0 bridgehead atoms. The third-order valence-electron chi connectivity index (χ3n) is 1.98. The first-order valence-corrected chi connectivity index (χ1v) is 5.42. The number of hydrogen-bond acceptors (Lipinski definition) is 2. The summed E-state index contributed by atoms with van der Waals surface area (Å²) in [4.78, 5) is 4.12. The molecule has 0 aliphatic carbocycles. The lowest BCUT2D eigenvalue weighted by atomic mass is 10.3. The summed E-state index contributed by atoms with van der Waals surface area (Å²) in [5, 5.41) is 0.245. The Bertz CT molecular complexity index is 483. The van der Waals surface area contributed by atoms with E-state index in [2.05, 4.69) is 4.98 Å². The number of hydrogen-bond donors (Lipinski definition) is 0. The van der Waals surface area contributed by atoms with Crippen LogP contribution in [-0.2, 0) is 6.42 Å². The molecule has 0 atom stereocenters. The maximum atomic E-state index is 13.0. The fraction of sp³-hybridized carbons (Fsp3) is 0.300. The van der Waals surface area contributed by atoms with Crippen molar-refractivity contribution < 1.29 is 8.81 Å². The fourth-order valence-corrected chi connectivity index (χ4v) is 1.70. The van der Waals surface area contributed by atoms with E-state index in [0.29, 0.717) is 29.3 Å². The van der Waals surface area contributed by atoms with Crippen LogP contribution in [-0.4, -0.2) is 10.9 Å². The summed E-state index contributed by atoms with van der Waals surface area (Å²) in [5.74, 6) is 0.670. The van der Waals surface area contributed by atoms with Gasteiger partial charge < -0.3 is 4.42 Å². The summed E-state index contributed by atoms with van der Waals surface area (Å²) in [6.45, 7) is 0. The summed E-state index contributed by atoms with van der Waals surface area (Å²) in [5.41, 5.74) is 0.882. The molecule has 2 aromatic rings. The highest BCUT2D eigenvalue weighted by atomic mass is 35.5. The number of halogens is 3. The summed E-state index contributed by atoms with van der Waals surface area (Å²) >= 11 is 11.4. The standard InChI is InChI=1S/C10H8Cl2FNO/c11-3-1-2-9-14-8-5-6(13)4-7(12)10(8)15-9/h4-5H,1-3H2. The molecule has 0 aliphatic rings. The molecule has 0 saturated heterocycles. The maximum absolute atomic E-state index is 13.0. The molecular weight excluding hydrogens is 240 g/mol. The van der Waals surface area contributed by atoms with Crippen molar-refractivity contribution in [3.05, 3.63) is 28.9 Å². The van der Waals surface area contributed by atoms with Crippen LogP contribution < -0.4 is 0 Å². The largest absolute Gasteiger partial charge is 0.439 e. The van der Waals surface area contributed by atoms with Crippen molar-refractivity contribution in [2.24, 2.45) is 0 Å². The zero-order valence-corrected chi connectivity index (χ0v) is 9.28.